The molecule has 0 aliphatic carbocycles. The van der Waals surface area contributed by atoms with Gasteiger partial charge in [0.25, 0.3) is 0 Å². The van der Waals surface area contributed by atoms with Crippen LogP contribution in [-0.4, -0.2) is 45.9 Å². The van der Waals surface area contributed by atoms with E-state index in [1.807, 2.05) is 17.9 Å². The zero-order valence-corrected chi connectivity index (χ0v) is 11.7. The summed E-state index contributed by atoms with van der Waals surface area (Å²) in [6.45, 7) is 6.89. The third-order valence-electron chi connectivity index (χ3n) is 4.38. The van der Waals surface area contributed by atoms with Crippen LogP contribution in [0.3, 0.4) is 0 Å². The van der Waals surface area contributed by atoms with E-state index in [4.69, 9.17) is 0 Å². The van der Waals surface area contributed by atoms with Gasteiger partial charge in [0.1, 0.15) is 0 Å². The third kappa shape index (κ3) is 2.25. The molecule has 3 heterocycles. The number of carbonyl (C=O) groups excluding carboxylic acids is 1. The van der Waals surface area contributed by atoms with Crippen LogP contribution in [0.2, 0.25) is 0 Å². The maximum atomic E-state index is 12.0. The zero-order chi connectivity index (χ0) is 13.4. The monoisotopic (exact) mass is 259 g/mol. The molecule has 0 bridgehead atoms. The number of rotatable bonds is 3. The minimum absolute atomic E-state index is 0.319. The molecule has 2 aliphatic rings. The maximum Gasteiger partial charge on any atom is 0.224 e. The molecule has 1 amide bonds. The lowest BCUT2D eigenvalue weighted by molar-refractivity contribution is -0.128. The van der Waals surface area contributed by atoms with E-state index < -0.39 is 0 Å². The van der Waals surface area contributed by atoms with E-state index in [2.05, 4.69) is 28.9 Å². The Morgan fingerprint density at radius 2 is 2.21 bits per heavy atom. The van der Waals surface area contributed by atoms with Gasteiger partial charge in [-0.05, 0) is 32.4 Å². The molecular weight excluding hydrogens is 238 g/mol. The van der Waals surface area contributed by atoms with E-state index >= 15 is 0 Å². The van der Waals surface area contributed by atoms with Crippen LogP contribution in [0.25, 0.3) is 0 Å². The van der Waals surface area contributed by atoms with Gasteiger partial charge in [-0.1, -0.05) is 6.07 Å². The smallest absolute Gasteiger partial charge is 0.224 e. The molecular formula is C15H21N3O. The first-order valence-electron chi connectivity index (χ1n) is 7.15. The van der Waals surface area contributed by atoms with Crippen molar-refractivity contribution in [1.82, 2.24) is 14.8 Å². The predicted molar refractivity (Wildman–Crippen MR) is 73.6 cm³/mol. The van der Waals surface area contributed by atoms with Gasteiger partial charge < -0.3 is 4.90 Å². The largest absolute Gasteiger partial charge is 0.338 e. The standard InChI is InChI=1S/C15H21N3O/c1-3-18-13-7-8-17(14(13)9-15(18)19)10-12-6-4-5-11(2)16-12/h4-6,13-14H,3,7-10H2,1-2H3/t13-,14+/m1/s1. The Hall–Kier alpha value is -1.42. The van der Waals surface area contributed by atoms with Crippen LogP contribution < -0.4 is 0 Å². The van der Waals surface area contributed by atoms with Crippen molar-refractivity contribution < 1.29 is 4.79 Å². The summed E-state index contributed by atoms with van der Waals surface area (Å²) in [5, 5.41) is 0. The molecule has 2 saturated heterocycles. The van der Waals surface area contributed by atoms with Crippen molar-refractivity contribution >= 4 is 5.91 Å². The fraction of sp³-hybridized carbons (Fsp3) is 0.600. The summed E-state index contributed by atoms with van der Waals surface area (Å²) in [7, 11) is 0. The summed E-state index contributed by atoms with van der Waals surface area (Å²) >= 11 is 0. The van der Waals surface area contributed by atoms with Crippen molar-refractivity contribution in [1.29, 1.82) is 0 Å². The van der Waals surface area contributed by atoms with Gasteiger partial charge in [0.05, 0.1) is 5.69 Å². The maximum absolute atomic E-state index is 12.0. The first kappa shape index (κ1) is 12.6. The van der Waals surface area contributed by atoms with Crippen LogP contribution in [0.15, 0.2) is 18.2 Å². The van der Waals surface area contributed by atoms with Crippen molar-refractivity contribution in [3.63, 3.8) is 0 Å². The number of fused-ring (bicyclic) bond motifs is 1. The first-order chi connectivity index (χ1) is 9.19. The van der Waals surface area contributed by atoms with Crippen molar-refractivity contribution in [2.24, 2.45) is 0 Å². The Morgan fingerprint density at radius 3 is 2.95 bits per heavy atom. The lowest BCUT2D eigenvalue weighted by Gasteiger charge is -2.24. The zero-order valence-electron chi connectivity index (χ0n) is 11.7. The van der Waals surface area contributed by atoms with Gasteiger partial charge >= 0.3 is 0 Å². The molecule has 0 N–H and O–H groups in total. The first-order valence-corrected chi connectivity index (χ1v) is 7.15. The summed E-state index contributed by atoms with van der Waals surface area (Å²) < 4.78 is 0. The van der Waals surface area contributed by atoms with Crippen LogP contribution in [0, 0.1) is 6.92 Å². The highest BCUT2D eigenvalue weighted by atomic mass is 16.2. The van der Waals surface area contributed by atoms with Crippen LogP contribution in [-0.2, 0) is 11.3 Å². The van der Waals surface area contributed by atoms with Gasteiger partial charge in [-0.2, -0.15) is 0 Å². The van der Waals surface area contributed by atoms with Gasteiger partial charge in [-0.25, -0.2) is 0 Å². The van der Waals surface area contributed by atoms with E-state index in [1.165, 1.54) is 0 Å². The molecule has 4 heteroatoms. The van der Waals surface area contributed by atoms with Crippen LogP contribution in [0.4, 0.5) is 0 Å². The molecule has 3 rings (SSSR count). The molecule has 102 valence electrons. The average molecular weight is 259 g/mol. The lowest BCUT2D eigenvalue weighted by Crippen LogP contribution is -2.37. The second-order valence-corrected chi connectivity index (χ2v) is 5.55. The number of likely N-dealkylation sites (N-methyl/N-ethyl adjacent to an activating group) is 1. The van der Waals surface area contributed by atoms with Crippen molar-refractivity contribution in [2.75, 3.05) is 13.1 Å². The molecule has 0 saturated carbocycles. The van der Waals surface area contributed by atoms with Crippen molar-refractivity contribution in [2.45, 2.75) is 45.3 Å². The molecule has 2 fully saturated rings. The molecule has 1 aromatic heterocycles. The number of aromatic nitrogens is 1. The summed E-state index contributed by atoms with van der Waals surface area (Å²) in [5.41, 5.74) is 2.17. The number of likely N-dealkylation sites (tertiary alicyclic amines) is 2. The van der Waals surface area contributed by atoms with E-state index in [-0.39, 0.29) is 0 Å². The fourth-order valence-electron chi connectivity index (χ4n) is 3.51. The normalized spacial score (nSPS) is 27.1. The summed E-state index contributed by atoms with van der Waals surface area (Å²) in [4.78, 5) is 21.0. The number of hydrogen-bond donors (Lipinski definition) is 0. The van der Waals surface area contributed by atoms with Gasteiger partial charge in [-0.3, -0.25) is 14.7 Å². The Balaban J connectivity index is 1.72. The van der Waals surface area contributed by atoms with Crippen molar-refractivity contribution in [3.8, 4) is 0 Å². The Morgan fingerprint density at radius 1 is 1.37 bits per heavy atom. The Kier molecular flexibility index (Phi) is 3.27. The van der Waals surface area contributed by atoms with E-state index in [9.17, 15) is 4.79 Å². The van der Waals surface area contributed by atoms with Crippen LogP contribution >= 0.6 is 0 Å². The van der Waals surface area contributed by atoms with Crippen molar-refractivity contribution in [3.05, 3.63) is 29.6 Å². The van der Waals surface area contributed by atoms with Gasteiger partial charge in [0.2, 0.25) is 5.91 Å². The summed E-state index contributed by atoms with van der Waals surface area (Å²) in [5.74, 6) is 0.319. The highest BCUT2D eigenvalue weighted by molar-refractivity contribution is 5.80. The molecule has 2 atom stereocenters. The van der Waals surface area contributed by atoms with Gasteiger partial charge in [0, 0.05) is 43.8 Å². The topological polar surface area (TPSA) is 36.4 Å². The quantitative estimate of drug-likeness (QED) is 0.827. The van der Waals surface area contributed by atoms with Gasteiger partial charge in [0.15, 0.2) is 0 Å². The molecule has 2 aliphatic heterocycles. The minimum Gasteiger partial charge on any atom is -0.338 e. The molecule has 0 aromatic carbocycles. The Labute approximate surface area is 114 Å². The number of aryl methyl sites for hydroxylation is 1. The number of carbonyl (C=O) groups is 1. The second kappa shape index (κ2) is 4.93. The third-order valence-corrected chi connectivity index (χ3v) is 4.38. The number of hydrogen-bond acceptors (Lipinski definition) is 3. The second-order valence-electron chi connectivity index (χ2n) is 5.55. The number of amides is 1. The predicted octanol–water partition coefficient (Wildman–Crippen LogP) is 1.59. The molecule has 0 radical (unpaired) electrons. The molecule has 4 nitrogen and oxygen atoms in total. The van der Waals surface area contributed by atoms with Crippen LogP contribution in [0.1, 0.15) is 31.2 Å². The van der Waals surface area contributed by atoms with E-state index in [1.54, 1.807) is 0 Å². The Bertz CT molecular complexity index is 488. The fourth-order valence-corrected chi connectivity index (χ4v) is 3.51. The SMILES string of the molecule is CCN1C(=O)C[C@H]2[C@H]1CCN2Cc1cccc(C)n1. The average Bonchev–Trinajstić information content (AvgIpc) is 2.89. The summed E-state index contributed by atoms with van der Waals surface area (Å²) in [6.07, 6.45) is 1.79. The highest BCUT2D eigenvalue weighted by Gasteiger charge is 2.45. The molecule has 19 heavy (non-hydrogen) atoms. The minimum atomic E-state index is 0.319. The summed E-state index contributed by atoms with van der Waals surface area (Å²) in [6, 6.07) is 6.99. The highest BCUT2D eigenvalue weighted by Crippen LogP contribution is 2.32. The molecule has 0 spiro atoms. The lowest BCUT2D eigenvalue weighted by atomic mass is 10.1. The number of nitrogens with zero attached hydrogens (tertiary/aromatic N) is 3. The van der Waals surface area contributed by atoms with Crippen LogP contribution in [0.5, 0.6) is 0 Å². The van der Waals surface area contributed by atoms with E-state index in [0.717, 1.165) is 37.4 Å². The molecule has 1 aromatic rings. The molecule has 0 unspecified atom stereocenters. The van der Waals surface area contributed by atoms with Gasteiger partial charge in [-0.15, -0.1) is 0 Å². The van der Waals surface area contributed by atoms with E-state index in [0.29, 0.717) is 24.4 Å². The number of pyridine rings is 1.